The van der Waals surface area contributed by atoms with Gasteiger partial charge in [-0.05, 0) is 37.3 Å². The number of aliphatic hydroxyl groups is 1. The van der Waals surface area contributed by atoms with Crippen LogP contribution in [-0.2, 0) is 15.1 Å². The van der Waals surface area contributed by atoms with Crippen LogP contribution in [-0.4, -0.2) is 36.8 Å². The van der Waals surface area contributed by atoms with Gasteiger partial charge in [-0.15, -0.1) is 0 Å². The molecule has 1 N–H and O–H groups in total. The molecule has 156 valence electrons. The molecule has 1 amide bonds. The quantitative estimate of drug-likeness (QED) is 0.678. The van der Waals surface area contributed by atoms with Gasteiger partial charge >= 0.3 is 12.1 Å². The summed E-state index contributed by atoms with van der Waals surface area (Å²) in [4.78, 5) is 25.7. The Balaban J connectivity index is 2.43. The van der Waals surface area contributed by atoms with Crippen LogP contribution in [0, 0.1) is 0 Å². The van der Waals surface area contributed by atoms with E-state index in [4.69, 9.17) is 23.2 Å². The molecular formula is C19H16Cl2F3NO4. The van der Waals surface area contributed by atoms with Crippen molar-refractivity contribution in [3.63, 3.8) is 0 Å². The van der Waals surface area contributed by atoms with Crippen molar-refractivity contribution in [2.45, 2.75) is 18.7 Å². The number of anilines is 1. The van der Waals surface area contributed by atoms with Gasteiger partial charge in [-0.1, -0.05) is 35.3 Å². The molecule has 0 spiro atoms. The van der Waals surface area contributed by atoms with Crippen LogP contribution in [0.3, 0.4) is 0 Å². The molecule has 0 unspecified atom stereocenters. The van der Waals surface area contributed by atoms with Crippen molar-refractivity contribution < 1.29 is 32.6 Å². The summed E-state index contributed by atoms with van der Waals surface area (Å²) in [5, 5.41) is 10.5. The predicted octanol–water partition coefficient (Wildman–Crippen LogP) is 4.58. The number of hydrogen-bond acceptors (Lipinski definition) is 4. The largest absolute Gasteiger partial charge is 0.466 e. The summed E-state index contributed by atoms with van der Waals surface area (Å²) in [7, 11) is 0.737. The second-order valence-electron chi connectivity index (χ2n) is 5.92. The summed E-state index contributed by atoms with van der Waals surface area (Å²) >= 11 is 11.9. The van der Waals surface area contributed by atoms with E-state index in [-0.39, 0.29) is 22.8 Å². The molecule has 0 saturated heterocycles. The van der Waals surface area contributed by atoms with Gasteiger partial charge in [-0.2, -0.15) is 13.2 Å². The number of carbonyl (C=O) groups excluding carboxylic acids is 2. The smallest absolute Gasteiger partial charge is 0.432 e. The average Bonchev–Trinajstić information content (AvgIpc) is 2.66. The molecule has 5 nitrogen and oxygen atoms in total. The molecule has 2 aromatic rings. The molecule has 0 aliphatic carbocycles. The number of ether oxygens (including phenoxy) is 1. The van der Waals surface area contributed by atoms with Crippen LogP contribution < -0.4 is 4.90 Å². The van der Waals surface area contributed by atoms with Crippen molar-refractivity contribution in [2.24, 2.45) is 0 Å². The summed E-state index contributed by atoms with van der Waals surface area (Å²) < 4.78 is 44.1. The summed E-state index contributed by atoms with van der Waals surface area (Å²) in [6.45, 7) is 1.84. The molecule has 1 atom stereocenters. The number of amides is 1. The fourth-order valence-corrected chi connectivity index (χ4v) is 3.17. The van der Waals surface area contributed by atoms with E-state index in [1.54, 1.807) is 6.92 Å². The van der Waals surface area contributed by atoms with Crippen molar-refractivity contribution in [1.29, 1.82) is 0 Å². The van der Waals surface area contributed by atoms with Crippen LogP contribution in [0.4, 0.5) is 18.9 Å². The number of nitrogens with zero attached hydrogens (tertiary/aromatic N) is 1. The lowest BCUT2D eigenvalue weighted by Gasteiger charge is -2.28. The maximum atomic E-state index is 13.3. The fourth-order valence-electron chi connectivity index (χ4n) is 2.68. The first-order valence-corrected chi connectivity index (χ1v) is 8.98. The van der Waals surface area contributed by atoms with Gasteiger partial charge in [0.25, 0.3) is 11.5 Å². The van der Waals surface area contributed by atoms with E-state index in [1.165, 1.54) is 35.2 Å². The van der Waals surface area contributed by atoms with Crippen LogP contribution >= 0.6 is 23.2 Å². The van der Waals surface area contributed by atoms with E-state index in [9.17, 15) is 27.9 Å². The van der Waals surface area contributed by atoms with Gasteiger partial charge in [0.1, 0.15) is 0 Å². The standard InChI is InChI=1S/C19H16Cl2F3NO4/c1-3-25(16(26)14-9-6-12(20)10-15(14)21)13-7-4-11(5-8-13)18(28,17(27)29-2)19(22,23)24/h4-10,28H,3H2,1-2H3/t18-/m0/s1. The molecule has 0 heterocycles. The second kappa shape index (κ2) is 8.61. The van der Waals surface area contributed by atoms with Crippen molar-refractivity contribution in [3.05, 3.63) is 63.6 Å². The zero-order chi connectivity index (χ0) is 22.0. The van der Waals surface area contributed by atoms with Crippen LogP contribution in [0.5, 0.6) is 0 Å². The van der Waals surface area contributed by atoms with Gasteiger partial charge < -0.3 is 14.7 Å². The lowest BCUT2D eigenvalue weighted by Crippen LogP contribution is -2.49. The minimum Gasteiger partial charge on any atom is -0.466 e. The van der Waals surface area contributed by atoms with Crippen molar-refractivity contribution in [3.8, 4) is 0 Å². The summed E-state index contributed by atoms with van der Waals surface area (Å²) in [5.41, 5.74) is -4.18. The highest BCUT2D eigenvalue weighted by Crippen LogP contribution is 2.40. The summed E-state index contributed by atoms with van der Waals surface area (Å²) in [6.07, 6.45) is -5.31. The van der Waals surface area contributed by atoms with Gasteiger partial charge in [0.15, 0.2) is 0 Å². The fraction of sp³-hybridized carbons (Fsp3) is 0.263. The summed E-state index contributed by atoms with van der Waals surface area (Å²) in [5.74, 6) is -2.37. The molecule has 0 aliphatic heterocycles. The molecule has 0 aromatic heterocycles. The van der Waals surface area contributed by atoms with E-state index in [2.05, 4.69) is 4.74 Å². The Labute approximate surface area is 174 Å². The molecular weight excluding hydrogens is 434 g/mol. The highest BCUT2D eigenvalue weighted by Gasteiger charge is 2.62. The number of alkyl halides is 3. The molecule has 0 bridgehead atoms. The van der Waals surface area contributed by atoms with Gasteiger partial charge in [-0.25, -0.2) is 4.79 Å². The Morgan fingerprint density at radius 1 is 1.10 bits per heavy atom. The number of rotatable bonds is 5. The van der Waals surface area contributed by atoms with Crippen molar-refractivity contribution in [1.82, 2.24) is 0 Å². The third-order valence-corrected chi connectivity index (χ3v) is 4.76. The maximum absolute atomic E-state index is 13.3. The average molecular weight is 450 g/mol. The SMILES string of the molecule is CCN(C(=O)c1ccc(Cl)cc1Cl)c1ccc([C@](O)(C(=O)OC)C(F)(F)F)cc1. The lowest BCUT2D eigenvalue weighted by atomic mass is 9.93. The second-order valence-corrected chi connectivity index (χ2v) is 6.76. The maximum Gasteiger partial charge on any atom is 0.432 e. The number of methoxy groups -OCH3 is 1. The topological polar surface area (TPSA) is 66.8 Å². The number of hydrogen-bond donors (Lipinski definition) is 1. The highest BCUT2D eigenvalue weighted by atomic mass is 35.5. The molecule has 10 heteroatoms. The Morgan fingerprint density at radius 3 is 2.14 bits per heavy atom. The number of carbonyl (C=O) groups is 2. The molecule has 0 fully saturated rings. The van der Waals surface area contributed by atoms with E-state index >= 15 is 0 Å². The van der Waals surface area contributed by atoms with Gasteiger partial charge in [0, 0.05) is 22.8 Å². The first kappa shape index (κ1) is 23.0. The predicted molar refractivity (Wildman–Crippen MR) is 102 cm³/mol. The number of benzene rings is 2. The normalized spacial score (nSPS) is 13.5. The van der Waals surface area contributed by atoms with E-state index < -0.39 is 29.2 Å². The van der Waals surface area contributed by atoms with Crippen LogP contribution in [0.15, 0.2) is 42.5 Å². The Morgan fingerprint density at radius 2 is 1.69 bits per heavy atom. The molecule has 2 rings (SSSR count). The Kier molecular flexibility index (Phi) is 6.82. The zero-order valence-corrected chi connectivity index (χ0v) is 16.8. The van der Waals surface area contributed by atoms with Crippen LogP contribution in [0.25, 0.3) is 0 Å². The van der Waals surface area contributed by atoms with Crippen LogP contribution in [0.2, 0.25) is 10.0 Å². The third kappa shape index (κ3) is 4.34. The Hall–Kier alpha value is -2.29. The van der Waals surface area contributed by atoms with Gasteiger partial charge in [0.2, 0.25) is 0 Å². The molecule has 0 aliphatic rings. The Bertz CT molecular complexity index is 919. The minimum atomic E-state index is -5.31. The van der Waals surface area contributed by atoms with Gasteiger partial charge in [-0.3, -0.25) is 4.79 Å². The number of esters is 1. The van der Waals surface area contributed by atoms with Gasteiger partial charge in [0.05, 0.1) is 17.7 Å². The first-order valence-electron chi connectivity index (χ1n) is 8.22. The molecule has 0 radical (unpaired) electrons. The highest BCUT2D eigenvalue weighted by molar-refractivity contribution is 6.37. The van der Waals surface area contributed by atoms with Crippen LogP contribution in [0.1, 0.15) is 22.8 Å². The third-order valence-electron chi connectivity index (χ3n) is 4.21. The van der Waals surface area contributed by atoms with E-state index in [0.29, 0.717) is 5.02 Å². The summed E-state index contributed by atoms with van der Waals surface area (Å²) in [6, 6.07) is 8.48. The van der Waals surface area contributed by atoms with E-state index in [0.717, 1.165) is 19.2 Å². The first-order chi connectivity index (χ1) is 13.5. The van der Waals surface area contributed by atoms with Crippen molar-refractivity contribution >= 4 is 40.8 Å². The van der Waals surface area contributed by atoms with Crippen molar-refractivity contribution in [2.75, 3.05) is 18.6 Å². The molecule has 29 heavy (non-hydrogen) atoms. The molecule has 0 saturated carbocycles. The van der Waals surface area contributed by atoms with E-state index in [1.807, 2.05) is 0 Å². The molecule has 2 aromatic carbocycles. The monoisotopic (exact) mass is 449 g/mol. The minimum absolute atomic E-state index is 0.120. The lowest BCUT2D eigenvalue weighted by molar-refractivity contribution is -0.266. The zero-order valence-electron chi connectivity index (χ0n) is 15.3. The number of halogens is 5.